The molecule has 0 amide bonds. The first-order valence-electron chi connectivity index (χ1n) is 6.07. The Morgan fingerprint density at radius 3 is 2.50 bits per heavy atom. The van der Waals surface area contributed by atoms with Gasteiger partial charge in [0, 0.05) is 19.7 Å². The monoisotopic (exact) mass is 302 g/mol. The van der Waals surface area contributed by atoms with E-state index in [0.29, 0.717) is 19.3 Å². The summed E-state index contributed by atoms with van der Waals surface area (Å²) in [6, 6.07) is 1.17. The number of carbonyl (C=O) groups excluding carboxylic acids is 2. The number of nitrogens with zero attached hydrogens (tertiary/aromatic N) is 1. The third-order valence-corrected chi connectivity index (χ3v) is 3.55. The van der Waals surface area contributed by atoms with Crippen LogP contribution in [0, 0.1) is 0 Å². The van der Waals surface area contributed by atoms with Gasteiger partial charge in [-0.3, -0.25) is 0 Å². The molecule has 0 aliphatic carbocycles. The number of nitrogens with two attached hydrogens (primary N) is 1. The van der Waals surface area contributed by atoms with Crippen molar-refractivity contribution in [3.8, 4) is 0 Å². The lowest BCUT2D eigenvalue weighted by molar-refractivity contribution is -0.117. The Hall–Kier alpha value is -1.67. The lowest BCUT2D eigenvalue weighted by atomic mass is 10.2. The molecule has 0 saturated heterocycles. The SMILES string of the molecule is CC(=O)CCCCOC(=O)c1cc(S(N)(=O)=O)cn1C. The molecule has 0 aliphatic rings. The molecule has 7 nitrogen and oxygen atoms in total. The summed E-state index contributed by atoms with van der Waals surface area (Å²) in [4.78, 5) is 22.3. The molecule has 2 N–H and O–H groups in total. The van der Waals surface area contributed by atoms with Crippen LogP contribution in [0.25, 0.3) is 0 Å². The van der Waals surface area contributed by atoms with E-state index in [-0.39, 0.29) is 23.0 Å². The van der Waals surface area contributed by atoms with Crippen molar-refractivity contribution in [2.24, 2.45) is 12.2 Å². The highest BCUT2D eigenvalue weighted by atomic mass is 32.2. The second-order valence-corrected chi connectivity index (χ2v) is 6.07. The smallest absolute Gasteiger partial charge is 0.354 e. The Balaban J connectivity index is 2.56. The van der Waals surface area contributed by atoms with E-state index in [2.05, 4.69) is 0 Å². The minimum atomic E-state index is -3.84. The molecule has 1 heterocycles. The summed E-state index contributed by atoms with van der Waals surface area (Å²) in [5.74, 6) is -0.526. The standard InChI is InChI=1S/C12H18N2O5S/c1-9(15)5-3-4-6-19-12(16)11-7-10(8-14(11)2)20(13,17)18/h7-8H,3-6H2,1-2H3,(H2,13,17,18). The van der Waals surface area contributed by atoms with Crippen LogP contribution >= 0.6 is 0 Å². The summed E-state index contributed by atoms with van der Waals surface area (Å²) in [6.07, 6.45) is 2.94. The van der Waals surface area contributed by atoms with Crippen molar-refractivity contribution >= 4 is 21.8 Å². The number of ether oxygens (including phenoxy) is 1. The van der Waals surface area contributed by atoms with Crippen LogP contribution < -0.4 is 5.14 Å². The summed E-state index contributed by atoms with van der Waals surface area (Å²) in [7, 11) is -2.31. The van der Waals surface area contributed by atoms with E-state index in [9.17, 15) is 18.0 Å². The number of rotatable bonds is 7. The summed E-state index contributed by atoms with van der Waals surface area (Å²) < 4.78 is 28.7. The highest BCUT2D eigenvalue weighted by molar-refractivity contribution is 7.89. The molecule has 0 aromatic carbocycles. The minimum Gasteiger partial charge on any atom is -0.461 e. The number of primary sulfonamides is 1. The highest BCUT2D eigenvalue weighted by Crippen LogP contribution is 2.13. The van der Waals surface area contributed by atoms with E-state index in [1.807, 2.05) is 0 Å². The lowest BCUT2D eigenvalue weighted by Crippen LogP contribution is -2.11. The van der Waals surface area contributed by atoms with E-state index >= 15 is 0 Å². The van der Waals surface area contributed by atoms with Gasteiger partial charge in [-0.1, -0.05) is 0 Å². The summed E-state index contributed by atoms with van der Waals surface area (Å²) >= 11 is 0. The average Bonchev–Trinajstić information content (AvgIpc) is 2.70. The number of hydrogen-bond donors (Lipinski definition) is 1. The van der Waals surface area contributed by atoms with Crippen LogP contribution in [0.2, 0.25) is 0 Å². The average molecular weight is 302 g/mol. The molecule has 1 aromatic heterocycles. The highest BCUT2D eigenvalue weighted by Gasteiger charge is 2.18. The second-order valence-electron chi connectivity index (χ2n) is 4.51. The Morgan fingerprint density at radius 1 is 1.35 bits per heavy atom. The van der Waals surface area contributed by atoms with Crippen LogP contribution in [-0.4, -0.2) is 31.3 Å². The van der Waals surface area contributed by atoms with Gasteiger partial charge >= 0.3 is 5.97 Å². The fraction of sp³-hybridized carbons (Fsp3) is 0.500. The van der Waals surface area contributed by atoms with Gasteiger partial charge in [0.25, 0.3) is 0 Å². The number of esters is 1. The van der Waals surface area contributed by atoms with Crippen LogP contribution in [-0.2, 0) is 26.6 Å². The zero-order valence-corrected chi connectivity index (χ0v) is 12.3. The topological polar surface area (TPSA) is 108 Å². The summed E-state index contributed by atoms with van der Waals surface area (Å²) in [6.45, 7) is 1.69. The quantitative estimate of drug-likeness (QED) is 0.585. The maximum absolute atomic E-state index is 11.8. The van der Waals surface area contributed by atoms with Crippen molar-refractivity contribution in [2.75, 3.05) is 6.61 Å². The zero-order valence-electron chi connectivity index (χ0n) is 11.5. The van der Waals surface area contributed by atoms with Gasteiger partial charge < -0.3 is 14.1 Å². The van der Waals surface area contributed by atoms with Crippen molar-refractivity contribution in [1.82, 2.24) is 4.57 Å². The predicted octanol–water partition coefficient (Wildman–Crippen LogP) is 0.589. The maximum Gasteiger partial charge on any atom is 0.354 e. The number of carbonyl (C=O) groups is 2. The van der Waals surface area contributed by atoms with Crippen LogP contribution in [0.4, 0.5) is 0 Å². The summed E-state index contributed by atoms with van der Waals surface area (Å²) in [5.41, 5.74) is 0.112. The molecule has 0 saturated carbocycles. The van der Waals surface area contributed by atoms with Crippen molar-refractivity contribution in [3.63, 3.8) is 0 Å². The van der Waals surface area contributed by atoms with Crippen LogP contribution in [0.5, 0.6) is 0 Å². The first kappa shape index (κ1) is 16.4. The van der Waals surface area contributed by atoms with Gasteiger partial charge in [0.2, 0.25) is 10.0 Å². The van der Waals surface area contributed by atoms with Gasteiger partial charge in [0.15, 0.2) is 0 Å². The normalized spacial score (nSPS) is 11.3. The maximum atomic E-state index is 11.8. The molecule has 20 heavy (non-hydrogen) atoms. The van der Waals surface area contributed by atoms with E-state index < -0.39 is 16.0 Å². The number of Topliss-reactive ketones (excluding diaryl/α,β-unsaturated/α-hetero) is 1. The Bertz CT molecular complexity index is 603. The number of aromatic nitrogens is 1. The molecule has 1 aromatic rings. The van der Waals surface area contributed by atoms with E-state index in [0.717, 1.165) is 0 Å². The number of unbranched alkanes of at least 4 members (excludes halogenated alkanes) is 1. The van der Waals surface area contributed by atoms with E-state index in [1.165, 1.54) is 30.8 Å². The lowest BCUT2D eigenvalue weighted by Gasteiger charge is -2.04. The second kappa shape index (κ2) is 6.67. The Morgan fingerprint density at radius 2 is 2.00 bits per heavy atom. The molecule has 1 rings (SSSR count). The Labute approximate surface area is 117 Å². The Kier molecular flexibility index (Phi) is 5.46. The van der Waals surface area contributed by atoms with Gasteiger partial charge in [-0.2, -0.15) is 0 Å². The van der Waals surface area contributed by atoms with Gasteiger partial charge in [-0.15, -0.1) is 0 Å². The fourth-order valence-corrected chi connectivity index (χ4v) is 2.19. The van der Waals surface area contributed by atoms with E-state index in [1.54, 1.807) is 0 Å². The molecule has 0 spiro atoms. The first-order chi connectivity index (χ1) is 9.21. The molecule has 0 atom stereocenters. The number of hydrogen-bond acceptors (Lipinski definition) is 5. The third kappa shape index (κ3) is 4.78. The van der Waals surface area contributed by atoms with Gasteiger partial charge in [0.1, 0.15) is 16.4 Å². The largest absolute Gasteiger partial charge is 0.461 e. The van der Waals surface area contributed by atoms with Crippen LogP contribution in [0.3, 0.4) is 0 Å². The molecule has 0 unspecified atom stereocenters. The fourth-order valence-electron chi connectivity index (χ4n) is 1.61. The molecule has 0 fully saturated rings. The summed E-state index contributed by atoms with van der Waals surface area (Å²) in [5, 5.41) is 4.98. The molecule has 0 aliphatic heterocycles. The first-order valence-corrected chi connectivity index (χ1v) is 7.62. The zero-order chi connectivity index (χ0) is 15.3. The molecule has 112 valence electrons. The van der Waals surface area contributed by atoms with Gasteiger partial charge in [-0.25, -0.2) is 18.4 Å². The number of aryl methyl sites for hydroxylation is 1. The van der Waals surface area contributed by atoms with Gasteiger partial charge in [0.05, 0.1) is 6.61 Å². The minimum absolute atomic E-state index is 0.0940. The van der Waals surface area contributed by atoms with Crippen LogP contribution in [0.15, 0.2) is 17.2 Å². The van der Waals surface area contributed by atoms with Crippen molar-refractivity contribution in [1.29, 1.82) is 0 Å². The number of ketones is 1. The van der Waals surface area contributed by atoms with Crippen molar-refractivity contribution < 1.29 is 22.7 Å². The third-order valence-electron chi connectivity index (χ3n) is 2.67. The van der Waals surface area contributed by atoms with Crippen molar-refractivity contribution in [2.45, 2.75) is 31.1 Å². The molecule has 0 bridgehead atoms. The predicted molar refractivity (Wildman–Crippen MR) is 71.6 cm³/mol. The van der Waals surface area contributed by atoms with E-state index in [4.69, 9.17) is 9.88 Å². The number of sulfonamides is 1. The molecular formula is C12H18N2O5S. The van der Waals surface area contributed by atoms with Crippen molar-refractivity contribution in [3.05, 3.63) is 18.0 Å². The van der Waals surface area contributed by atoms with Crippen LogP contribution in [0.1, 0.15) is 36.7 Å². The molecule has 8 heteroatoms. The molecule has 0 radical (unpaired) electrons. The van der Waals surface area contributed by atoms with Gasteiger partial charge in [-0.05, 0) is 25.8 Å². The molecular weight excluding hydrogens is 284 g/mol.